The van der Waals surface area contributed by atoms with Crippen LogP contribution >= 0.6 is 0 Å². The highest BCUT2D eigenvalue weighted by Crippen LogP contribution is 2.43. The van der Waals surface area contributed by atoms with Gasteiger partial charge in [-0.25, -0.2) is 9.97 Å². The molecule has 1 unspecified atom stereocenters. The Balaban J connectivity index is 1.64. The van der Waals surface area contributed by atoms with Crippen molar-refractivity contribution in [3.05, 3.63) is 23.8 Å². The Hall–Kier alpha value is -2.02. The monoisotopic (exact) mass is 346 g/mol. The van der Waals surface area contributed by atoms with E-state index in [9.17, 15) is 14.7 Å². The molecule has 136 valence electrons. The Morgan fingerprint density at radius 1 is 1.28 bits per heavy atom. The maximum absolute atomic E-state index is 12.6. The van der Waals surface area contributed by atoms with E-state index in [4.69, 9.17) is 0 Å². The number of hydrogen-bond acceptors (Lipinski definition) is 5. The second kappa shape index (κ2) is 7.07. The van der Waals surface area contributed by atoms with Gasteiger partial charge in [-0.3, -0.25) is 14.5 Å². The molecule has 2 aliphatic rings. The van der Waals surface area contributed by atoms with Crippen molar-refractivity contribution in [1.29, 1.82) is 0 Å². The molecule has 0 saturated carbocycles. The van der Waals surface area contributed by atoms with Crippen molar-refractivity contribution in [2.45, 2.75) is 45.6 Å². The maximum Gasteiger partial charge on any atom is 0.320 e. The van der Waals surface area contributed by atoms with Crippen molar-refractivity contribution in [2.24, 2.45) is 5.41 Å². The fourth-order valence-electron chi connectivity index (χ4n) is 4.14. The third-order valence-corrected chi connectivity index (χ3v) is 5.54. The third kappa shape index (κ3) is 3.66. The number of hydrogen-bond donors (Lipinski definition) is 1. The van der Waals surface area contributed by atoms with E-state index in [1.54, 1.807) is 19.3 Å². The van der Waals surface area contributed by atoms with Crippen LogP contribution in [-0.2, 0) is 4.79 Å². The van der Waals surface area contributed by atoms with Gasteiger partial charge in [-0.2, -0.15) is 0 Å². The first-order chi connectivity index (χ1) is 11.9. The third-order valence-electron chi connectivity index (χ3n) is 5.54. The van der Waals surface area contributed by atoms with Gasteiger partial charge in [-0.15, -0.1) is 0 Å². The number of aliphatic carboxylic acids is 1. The number of aromatic nitrogens is 2. The molecular formula is C18H26N4O3. The zero-order valence-corrected chi connectivity index (χ0v) is 14.9. The molecule has 1 atom stereocenters. The summed E-state index contributed by atoms with van der Waals surface area (Å²) >= 11 is 0. The first-order valence-corrected chi connectivity index (χ1v) is 8.99. The topological polar surface area (TPSA) is 86.6 Å². The molecule has 3 rings (SSSR count). The van der Waals surface area contributed by atoms with E-state index in [2.05, 4.69) is 21.8 Å². The first kappa shape index (κ1) is 17.8. The molecule has 1 N–H and O–H groups in total. The summed E-state index contributed by atoms with van der Waals surface area (Å²) in [4.78, 5) is 36.3. The lowest BCUT2D eigenvalue weighted by atomic mass is 9.76. The molecule has 2 saturated heterocycles. The van der Waals surface area contributed by atoms with Crippen LogP contribution in [0.1, 0.15) is 48.8 Å². The molecule has 2 fully saturated rings. The predicted molar refractivity (Wildman–Crippen MR) is 92.2 cm³/mol. The average Bonchev–Trinajstić information content (AvgIpc) is 2.94. The molecule has 3 heterocycles. The van der Waals surface area contributed by atoms with Gasteiger partial charge >= 0.3 is 5.97 Å². The van der Waals surface area contributed by atoms with Gasteiger partial charge in [0.05, 0.1) is 5.56 Å². The number of nitrogens with zero attached hydrogens (tertiary/aromatic N) is 4. The van der Waals surface area contributed by atoms with Gasteiger partial charge in [0.25, 0.3) is 5.91 Å². The van der Waals surface area contributed by atoms with Gasteiger partial charge < -0.3 is 10.0 Å². The number of carbonyl (C=O) groups is 2. The average molecular weight is 346 g/mol. The molecule has 25 heavy (non-hydrogen) atoms. The van der Waals surface area contributed by atoms with Gasteiger partial charge in [-0.05, 0) is 44.6 Å². The number of carboxylic acid groups (broad SMARTS) is 1. The lowest BCUT2D eigenvalue weighted by Gasteiger charge is -2.39. The fourth-order valence-corrected chi connectivity index (χ4v) is 4.14. The molecule has 1 amide bonds. The van der Waals surface area contributed by atoms with Crippen molar-refractivity contribution in [1.82, 2.24) is 19.8 Å². The second-order valence-electron chi connectivity index (χ2n) is 7.34. The van der Waals surface area contributed by atoms with Crippen LogP contribution in [0.3, 0.4) is 0 Å². The second-order valence-corrected chi connectivity index (χ2v) is 7.34. The van der Waals surface area contributed by atoms with Crippen LogP contribution in [0.4, 0.5) is 0 Å². The van der Waals surface area contributed by atoms with Crippen molar-refractivity contribution in [3.8, 4) is 0 Å². The standard InChI is InChI=1S/C18H26N4O3/c1-3-6-22-12-18(9-15(22)17(24)25)4-7-21(8-5-18)16(23)14-10-19-13(2)20-11-14/h10-11,15H,3-9,12H2,1-2H3,(H,24,25). The van der Waals surface area contributed by atoms with E-state index in [-0.39, 0.29) is 17.4 Å². The highest BCUT2D eigenvalue weighted by atomic mass is 16.4. The van der Waals surface area contributed by atoms with Crippen molar-refractivity contribution < 1.29 is 14.7 Å². The zero-order chi connectivity index (χ0) is 18.0. The normalized spacial score (nSPS) is 23.1. The van der Waals surface area contributed by atoms with Crippen LogP contribution in [0, 0.1) is 12.3 Å². The fraction of sp³-hybridized carbons (Fsp3) is 0.667. The van der Waals surface area contributed by atoms with Crippen LogP contribution in [0.15, 0.2) is 12.4 Å². The number of carbonyl (C=O) groups excluding carboxylic acids is 1. The summed E-state index contributed by atoms with van der Waals surface area (Å²) < 4.78 is 0. The predicted octanol–water partition coefficient (Wildman–Crippen LogP) is 1.58. The minimum absolute atomic E-state index is 0.0266. The zero-order valence-electron chi connectivity index (χ0n) is 14.9. The summed E-state index contributed by atoms with van der Waals surface area (Å²) in [6, 6.07) is -0.382. The van der Waals surface area contributed by atoms with Gasteiger partial charge in [0.2, 0.25) is 0 Å². The molecular weight excluding hydrogens is 320 g/mol. The Labute approximate surface area is 148 Å². The Morgan fingerprint density at radius 2 is 1.92 bits per heavy atom. The van der Waals surface area contributed by atoms with Gasteiger partial charge in [-0.1, -0.05) is 6.92 Å². The quantitative estimate of drug-likeness (QED) is 0.891. The SMILES string of the molecule is CCCN1CC2(CCN(C(=O)c3cnc(C)nc3)CC2)CC1C(=O)O. The molecule has 0 aromatic carbocycles. The Kier molecular flexibility index (Phi) is 5.03. The van der Waals surface area contributed by atoms with Gasteiger partial charge in [0, 0.05) is 32.0 Å². The van der Waals surface area contributed by atoms with E-state index in [0.29, 0.717) is 30.9 Å². The van der Waals surface area contributed by atoms with Crippen molar-refractivity contribution in [2.75, 3.05) is 26.2 Å². The number of amides is 1. The van der Waals surface area contributed by atoms with Crippen LogP contribution in [0.5, 0.6) is 0 Å². The van der Waals surface area contributed by atoms with E-state index < -0.39 is 5.97 Å². The molecule has 0 radical (unpaired) electrons. The number of carboxylic acids is 1. The highest BCUT2D eigenvalue weighted by Gasteiger charge is 2.48. The summed E-state index contributed by atoms with van der Waals surface area (Å²) in [5, 5.41) is 9.52. The summed E-state index contributed by atoms with van der Waals surface area (Å²) in [7, 11) is 0. The Morgan fingerprint density at radius 3 is 2.48 bits per heavy atom. The maximum atomic E-state index is 12.6. The number of aryl methyl sites for hydroxylation is 1. The van der Waals surface area contributed by atoms with Crippen molar-refractivity contribution >= 4 is 11.9 Å². The molecule has 0 bridgehead atoms. The largest absolute Gasteiger partial charge is 0.480 e. The van der Waals surface area contributed by atoms with Crippen molar-refractivity contribution in [3.63, 3.8) is 0 Å². The first-order valence-electron chi connectivity index (χ1n) is 8.99. The molecule has 7 nitrogen and oxygen atoms in total. The summed E-state index contributed by atoms with van der Waals surface area (Å²) in [5.41, 5.74) is 0.544. The van der Waals surface area contributed by atoms with E-state index >= 15 is 0 Å². The molecule has 2 aliphatic heterocycles. The molecule has 1 aromatic heterocycles. The van der Waals surface area contributed by atoms with Crippen LogP contribution < -0.4 is 0 Å². The Bertz CT molecular complexity index is 638. The smallest absolute Gasteiger partial charge is 0.320 e. The minimum Gasteiger partial charge on any atom is -0.480 e. The number of rotatable bonds is 4. The summed E-state index contributed by atoms with van der Waals surface area (Å²) in [6.07, 6.45) is 6.52. The van der Waals surface area contributed by atoms with Crippen LogP contribution in [0.25, 0.3) is 0 Å². The van der Waals surface area contributed by atoms with Crippen LogP contribution in [-0.4, -0.2) is 69.0 Å². The van der Waals surface area contributed by atoms with E-state index in [1.165, 1.54) is 0 Å². The molecule has 1 aromatic rings. The molecule has 0 aliphatic carbocycles. The highest BCUT2D eigenvalue weighted by molar-refractivity contribution is 5.93. The molecule has 1 spiro atoms. The molecule has 7 heteroatoms. The number of likely N-dealkylation sites (tertiary alicyclic amines) is 2. The summed E-state index contributed by atoms with van der Waals surface area (Å²) in [6.45, 7) is 6.85. The van der Waals surface area contributed by atoms with Gasteiger partial charge in [0.15, 0.2) is 0 Å². The summed E-state index contributed by atoms with van der Waals surface area (Å²) in [5.74, 6) is -0.107. The van der Waals surface area contributed by atoms with E-state index in [0.717, 1.165) is 32.4 Å². The minimum atomic E-state index is -0.722. The number of piperidine rings is 1. The van der Waals surface area contributed by atoms with Crippen LogP contribution in [0.2, 0.25) is 0 Å². The lowest BCUT2D eigenvalue weighted by molar-refractivity contribution is -0.142. The lowest BCUT2D eigenvalue weighted by Crippen LogP contribution is -2.44. The van der Waals surface area contributed by atoms with Gasteiger partial charge in [0.1, 0.15) is 11.9 Å². The van der Waals surface area contributed by atoms with E-state index in [1.807, 2.05) is 4.90 Å².